The quantitative estimate of drug-likeness (QED) is 0.642. The van der Waals surface area contributed by atoms with E-state index in [0.717, 1.165) is 31.7 Å². The third-order valence-electron chi connectivity index (χ3n) is 3.59. The molecule has 16 heavy (non-hydrogen) atoms. The van der Waals surface area contributed by atoms with Crippen molar-refractivity contribution in [2.45, 2.75) is 64.8 Å². The van der Waals surface area contributed by atoms with Crippen molar-refractivity contribution in [1.29, 1.82) is 0 Å². The van der Waals surface area contributed by atoms with Gasteiger partial charge in [0.25, 0.3) is 0 Å². The summed E-state index contributed by atoms with van der Waals surface area (Å²) in [5, 5.41) is 3.61. The van der Waals surface area contributed by atoms with Crippen LogP contribution < -0.4 is 5.32 Å². The van der Waals surface area contributed by atoms with Crippen LogP contribution in [0, 0.1) is 5.92 Å². The molecule has 1 N–H and O–H groups in total. The van der Waals surface area contributed by atoms with Crippen LogP contribution in [-0.2, 0) is 4.74 Å². The summed E-state index contributed by atoms with van der Waals surface area (Å²) in [7, 11) is 0. The van der Waals surface area contributed by atoms with Gasteiger partial charge in [-0.05, 0) is 38.0 Å². The van der Waals surface area contributed by atoms with Crippen LogP contribution in [0.2, 0.25) is 0 Å². The second kappa shape index (κ2) is 9.00. The van der Waals surface area contributed by atoms with Gasteiger partial charge in [0.1, 0.15) is 0 Å². The Morgan fingerprint density at radius 2 is 1.81 bits per heavy atom. The van der Waals surface area contributed by atoms with Gasteiger partial charge in [0.15, 0.2) is 0 Å². The zero-order valence-corrected chi connectivity index (χ0v) is 11.1. The van der Waals surface area contributed by atoms with Gasteiger partial charge in [-0.2, -0.15) is 0 Å². The minimum Gasteiger partial charge on any atom is -0.380 e. The predicted octanol–water partition coefficient (Wildman–Crippen LogP) is 3.36. The minimum atomic E-state index is 0.760. The minimum absolute atomic E-state index is 0.760. The molecule has 0 bridgehead atoms. The number of unbranched alkanes of at least 4 members (excludes halogenated alkanes) is 2. The first-order chi connectivity index (χ1) is 7.83. The van der Waals surface area contributed by atoms with E-state index in [1.54, 1.807) is 0 Å². The van der Waals surface area contributed by atoms with Crippen LogP contribution in [0.15, 0.2) is 0 Å². The van der Waals surface area contributed by atoms with Gasteiger partial charge < -0.3 is 10.1 Å². The van der Waals surface area contributed by atoms with Crippen LogP contribution in [0.3, 0.4) is 0 Å². The van der Waals surface area contributed by atoms with Crippen LogP contribution in [0.1, 0.15) is 58.8 Å². The van der Waals surface area contributed by atoms with E-state index in [1.807, 2.05) is 0 Å². The molecule has 96 valence electrons. The standard InChI is InChI=1S/C14H29NO/c1-3-4-5-11-16-12-10-15-14-8-6-13(2)7-9-14/h13-15H,3-12H2,1-2H3. The first kappa shape index (κ1) is 14.0. The van der Waals surface area contributed by atoms with Gasteiger partial charge in [-0.3, -0.25) is 0 Å². The van der Waals surface area contributed by atoms with Crippen molar-refractivity contribution in [3.8, 4) is 0 Å². The number of nitrogens with one attached hydrogen (secondary N) is 1. The summed E-state index contributed by atoms with van der Waals surface area (Å²) >= 11 is 0. The second-order valence-corrected chi connectivity index (χ2v) is 5.23. The molecule has 1 saturated carbocycles. The molecule has 0 radical (unpaired) electrons. The molecule has 1 aliphatic rings. The van der Waals surface area contributed by atoms with Crippen LogP contribution in [0.25, 0.3) is 0 Å². The average molecular weight is 227 g/mol. The molecule has 0 aromatic rings. The van der Waals surface area contributed by atoms with E-state index in [9.17, 15) is 0 Å². The van der Waals surface area contributed by atoms with Crippen molar-refractivity contribution in [1.82, 2.24) is 5.32 Å². The lowest BCUT2D eigenvalue weighted by molar-refractivity contribution is 0.127. The highest BCUT2D eigenvalue weighted by atomic mass is 16.5. The summed E-state index contributed by atoms with van der Waals surface area (Å²) in [6.07, 6.45) is 9.31. The van der Waals surface area contributed by atoms with Crippen molar-refractivity contribution < 1.29 is 4.74 Å². The molecular weight excluding hydrogens is 198 g/mol. The van der Waals surface area contributed by atoms with E-state index in [4.69, 9.17) is 4.74 Å². The third-order valence-corrected chi connectivity index (χ3v) is 3.59. The van der Waals surface area contributed by atoms with E-state index in [0.29, 0.717) is 0 Å². The first-order valence-electron chi connectivity index (χ1n) is 7.14. The highest BCUT2D eigenvalue weighted by Crippen LogP contribution is 2.23. The third kappa shape index (κ3) is 6.49. The molecular formula is C14H29NO. The number of rotatable bonds is 8. The van der Waals surface area contributed by atoms with Gasteiger partial charge >= 0.3 is 0 Å². The molecule has 2 heteroatoms. The summed E-state index contributed by atoms with van der Waals surface area (Å²) in [5.74, 6) is 0.948. The Balaban J connectivity index is 1.84. The Morgan fingerprint density at radius 1 is 1.06 bits per heavy atom. The molecule has 0 aliphatic heterocycles. The molecule has 0 aromatic carbocycles. The van der Waals surface area contributed by atoms with E-state index in [2.05, 4.69) is 19.2 Å². The lowest BCUT2D eigenvalue weighted by Crippen LogP contribution is -2.35. The average Bonchev–Trinajstić information content (AvgIpc) is 2.30. The van der Waals surface area contributed by atoms with Crippen LogP contribution in [0.5, 0.6) is 0 Å². The maximum Gasteiger partial charge on any atom is 0.0590 e. The summed E-state index contributed by atoms with van der Waals surface area (Å²) < 4.78 is 5.59. The summed E-state index contributed by atoms with van der Waals surface area (Å²) in [4.78, 5) is 0. The summed E-state index contributed by atoms with van der Waals surface area (Å²) in [6.45, 7) is 7.46. The predicted molar refractivity (Wildman–Crippen MR) is 69.8 cm³/mol. The Hall–Kier alpha value is -0.0800. The maximum atomic E-state index is 5.59. The van der Waals surface area contributed by atoms with Crippen molar-refractivity contribution in [3.63, 3.8) is 0 Å². The SMILES string of the molecule is CCCCCOCCNC1CCC(C)CC1. The van der Waals surface area contributed by atoms with E-state index < -0.39 is 0 Å². The molecule has 0 heterocycles. The van der Waals surface area contributed by atoms with Gasteiger partial charge in [-0.15, -0.1) is 0 Å². The summed E-state index contributed by atoms with van der Waals surface area (Å²) in [6, 6.07) is 0.760. The normalized spacial score (nSPS) is 25.9. The van der Waals surface area contributed by atoms with Crippen molar-refractivity contribution in [3.05, 3.63) is 0 Å². The topological polar surface area (TPSA) is 21.3 Å². The van der Waals surface area contributed by atoms with Gasteiger partial charge in [-0.1, -0.05) is 26.7 Å². The molecule has 0 amide bonds. The fraction of sp³-hybridized carbons (Fsp3) is 1.00. The molecule has 0 saturated heterocycles. The van der Waals surface area contributed by atoms with Gasteiger partial charge in [-0.25, -0.2) is 0 Å². The number of hydrogen-bond acceptors (Lipinski definition) is 2. The van der Waals surface area contributed by atoms with Crippen molar-refractivity contribution in [2.75, 3.05) is 19.8 Å². The Bertz CT molecular complexity index is 153. The second-order valence-electron chi connectivity index (χ2n) is 5.23. The zero-order valence-electron chi connectivity index (χ0n) is 11.1. The number of hydrogen-bond donors (Lipinski definition) is 1. The smallest absolute Gasteiger partial charge is 0.0590 e. The molecule has 1 fully saturated rings. The molecule has 0 atom stereocenters. The highest BCUT2D eigenvalue weighted by Gasteiger charge is 2.16. The molecule has 0 spiro atoms. The van der Waals surface area contributed by atoms with Gasteiger partial charge in [0, 0.05) is 19.2 Å². The lowest BCUT2D eigenvalue weighted by atomic mass is 9.87. The summed E-state index contributed by atoms with van der Waals surface area (Å²) in [5.41, 5.74) is 0. The largest absolute Gasteiger partial charge is 0.380 e. The number of ether oxygens (including phenoxy) is 1. The zero-order chi connectivity index (χ0) is 11.6. The monoisotopic (exact) mass is 227 g/mol. The van der Waals surface area contributed by atoms with Crippen molar-refractivity contribution >= 4 is 0 Å². The molecule has 0 unspecified atom stereocenters. The Morgan fingerprint density at radius 3 is 2.50 bits per heavy atom. The lowest BCUT2D eigenvalue weighted by Gasteiger charge is -2.26. The highest BCUT2D eigenvalue weighted by molar-refractivity contribution is 4.74. The van der Waals surface area contributed by atoms with Gasteiger partial charge in [0.05, 0.1) is 6.61 Å². The van der Waals surface area contributed by atoms with Crippen LogP contribution in [-0.4, -0.2) is 25.8 Å². The fourth-order valence-corrected chi connectivity index (χ4v) is 2.36. The fourth-order valence-electron chi connectivity index (χ4n) is 2.36. The molecule has 2 nitrogen and oxygen atoms in total. The molecule has 0 aromatic heterocycles. The Labute approximate surface area is 101 Å². The molecule has 1 aliphatic carbocycles. The molecule has 1 rings (SSSR count). The first-order valence-corrected chi connectivity index (χ1v) is 7.14. The Kier molecular flexibility index (Phi) is 7.87. The van der Waals surface area contributed by atoms with E-state index in [1.165, 1.54) is 44.9 Å². The van der Waals surface area contributed by atoms with Crippen LogP contribution >= 0.6 is 0 Å². The van der Waals surface area contributed by atoms with Crippen LogP contribution in [0.4, 0.5) is 0 Å². The van der Waals surface area contributed by atoms with E-state index in [-0.39, 0.29) is 0 Å². The maximum absolute atomic E-state index is 5.59. The van der Waals surface area contributed by atoms with E-state index >= 15 is 0 Å². The van der Waals surface area contributed by atoms with Gasteiger partial charge in [0.2, 0.25) is 0 Å². The van der Waals surface area contributed by atoms with Crippen molar-refractivity contribution in [2.24, 2.45) is 5.92 Å².